The lowest BCUT2D eigenvalue weighted by Crippen LogP contribution is -2.66. The van der Waals surface area contributed by atoms with Crippen molar-refractivity contribution in [3.8, 4) is 0 Å². The van der Waals surface area contributed by atoms with Crippen molar-refractivity contribution in [2.75, 3.05) is 19.7 Å². The molecule has 0 aromatic heterocycles. The minimum absolute atomic E-state index is 0.0629. The zero-order valence-electron chi connectivity index (χ0n) is 15.7. The van der Waals surface area contributed by atoms with Gasteiger partial charge in [0.1, 0.15) is 0 Å². The Bertz CT molecular complexity index is 424. The summed E-state index contributed by atoms with van der Waals surface area (Å²) in [4.78, 5) is 16.1. The highest BCUT2D eigenvalue weighted by Gasteiger charge is 2.45. The maximum Gasteiger partial charge on any atom is 0.217 e. The van der Waals surface area contributed by atoms with E-state index in [1.54, 1.807) is 6.92 Å². The van der Waals surface area contributed by atoms with Crippen molar-refractivity contribution in [1.29, 1.82) is 0 Å². The van der Waals surface area contributed by atoms with Gasteiger partial charge < -0.3 is 10.4 Å². The first kappa shape index (κ1) is 18.7. The molecule has 0 aromatic rings. The van der Waals surface area contributed by atoms with Crippen LogP contribution in [0.2, 0.25) is 0 Å². The summed E-state index contributed by atoms with van der Waals surface area (Å²) in [6, 6.07) is 1.11. The zero-order valence-corrected chi connectivity index (χ0v) is 15.7. The minimum Gasteiger partial charge on any atom is -0.395 e. The molecule has 5 heteroatoms. The van der Waals surface area contributed by atoms with E-state index in [0.29, 0.717) is 18.1 Å². The van der Waals surface area contributed by atoms with Gasteiger partial charge in [-0.15, -0.1) is 0 Å². The summed E-state index contributed by atoms with van der Waals surface area (Å²) in [6.45, 7) is 15.1. The fraction of sp³-hybridized carbons (Fsp3) is 0.944. The lowest BCUT2D eigenvalue weighted by atomic mass is 9.87. The van der Waals surface area contributed by atoms with E-state index in [-0.39, 0.29) is 23.6 Å². The van der Waals surface area contributed by atoms with E-state index < -0.39 is 0 Å². The summed E-state index contributed by atoms with van der Waals surface area (Å²) in [5.41, 5.74) is 0.200. The van der Waals surface area contributed by atoms with Gasteiger partial charge in [-0.3, -0.25) is 14.6 Å². The van der Waals surface area contributed by atoms with Crippen molar-refractivity contribution < 1.29 is 9.90 Å². The largest absolute Gasteiger partial charge is 0.395 e. The number of carbonyl (C=O) groups excluding carboxylic acids is 1. The van der Waals surface area contributed by atoms with Crippen LogP contribution in [0.1, 0.15) is 60.8 Å². The SMILES string of the molecule is CC(=O)NC1CN(C(C)(C)CC2CC[C@@H](CO)N2C(C)(C)C)C1. The number of nitrogens with one attached hydrogen (secondary N) is 1. The van der Waals surface area contributed by atoms with Crippen LogP contribution >= 0.6 is 0 Å². The van der Waals surface area contributed by atoms with Crippen molar-refractivity contribution >= 4 is 5.91 Å². The summed E-state index contributed by atoms with van der Waals surface area (Å²) in [7, 11) is 0. The highest BCUT2D eigenvalue weighted by molar-refractivity contribution is 5.73. The van der Waals surface area contributed by atoms with Gasteiger partial charge in [0.05, 0.1) is 12.6 Å². The van der Waals surface area contributed by atoms with E-state index in [2.05, 4.69) is 49.7 Å². The molecular weight excluding hydrogens is 290 g/mol. The van der Waals surface area contributed by atoms with Gasteiger partial charge in [-0.05, 0) is 53.9 Å². The first-order chi connectivity index (χ1) is 10.5. The molecule has 134 valence electrons. The van der Waals surface area contributed by atoms with Gasteiger partial charge in [-0.1, -0.05) is 0 Å². The van der Waals surface area contributed by atoms with E-state index in [9.17, 15) is 9.90 Å². The second-order valence-electron chi connectivity index (χ2n) is 8.96. The Morgan fingerprint density at radius 3 is 2.17 bits per heavy atom. The molecule has 1 amide bonds. The summed E-state index contributed by atoms with van der Waals surface area (Å²) < 4.78 is 0. The van der Waals surface area contributed by atoms with E-state index in [1.165, 1.54) is 0 Å². The molecule has 2 atom stereocenters. The molecule has 0 radical (unpaired) electrons. The molecule has 0 aliphatic carbocycles. The Kier molecular flexibility index (Phi) is 5.44. The Hall–Kier alpha value is -0.650. The number of hydrogen-bond acceptors (Lipinski definition) is 4. The number of hydrogen-bond donors (Lipinski definition) is 2. The molecule has 23 heavy (non-hydrogen) atoms. The molecule has 2 saturated heterocycles. The number of nitrogens with zero attached hydrogens (tertiary/aromatic N) is 2. The molecule has 0 spiro atoms. The van der Waals surface area contributed by atoms with Crippen LogP contribution in [-0.2, 0) is 4.79 Å². The van der Waals surface area contributed by atoms with E-state index in [4.69, 9.17) is 0 Å². The van der Waals surface area contributed by atoms with Crippen LogP contribution in [0.25, 0.3) is 0 Å². The smallest absolute Gasteiger partial charge is 0.217 e. The molecule has 2 aliphatic rings. The van der Waals surface area contributed by atoms with Gasteiger partial charge >= 0.3 is 0 Å². The maximum absolute atomic E-state index is 11.1. The molecule has 0 saturated carbocycles. The molecule has 0 bridgehead atoms. The Morgan fingerprint density at radius 1 is 1.13 bits per heavy atom. The number of likely N-dealkylation sites (tertiary alicyclic amines) is 2. The van der Waals surface area contributed by atoms with Crippen LogP contribution in [0, 0.1) is 0 Å². The van der Waals surface area contributed by atoms with Gasteiger partial charge in [0.2, 0.25) is 5.91 Å². The van der Waals surface area contributed by atoms with Gasteiger partial charge in [0.15, 0.2) is 0 Å². The molecule has 2 rings (SSSR count). The summed E-state index contributed by atoms with van der Waals surface area (Å²) in [5.74, 6) is 0.0629. The number of carbonyl (C=O) groups is 1. The molecule has 2 heterocycles. The van der Waals surface area contributed by atoms with E-state index in [0.717, 1.165) is 32.4 Å². The monoisotopic (exact) mass is 325 g/mol. The first-order valence-electron chi connectivity index (χ1n) is 8.96. The molecular formula is C18H35N3O2. The summed E-state index contributed by atoms with van der Waals surface area (Å²) in [5, 5.41) is 12.7. The van der Waals surface area contributed by atoms with Crippen molar-refractivity contribution in [2.24, 2.45) is 0 Å². The molecule has 5 nitrogen and oxygen atoms in total. The standard InChI is InChI=1S/C18H35N3O2/c1-13(23)19-14-10-20(11-14)18(5,6)9-15-7-8-16(12-22)21(15)17(2,3)4/h14-16,22H,7-12H2,1-6H3,(H,19,23)/t15?,16-/m0/s1. The average Bonchev–Trinajstić information content (AvgIpc) is 2.74. The van der Waals surface area contributed by atoms with Crippen LogP contribution < -0.4 is 5.32 Å². The van der Waals surface area contributed by atoms with Gasteiger partial charge in [-0.25, -0.2) is 0 Å². The van der Waals surface area contributed by atoms with Crippen LogP contribution in [0.5, 0.6) is 0 Å². The van der Waals surface area contributed by atoms with Crippen molar-refractivity contribution in [3.05, 3.63) is 0 Å². The predicted octanol–water partition coefficient (Wildman–Crippen LogP) is 1.60. The van der Waals surface area contributed by atoms with Crippen molar-refractivity contribution in [1.82, 2.24) is 15.1 Å². The van der Waals surface area contributed by atoms with Crippen LogP contribution in [0.15, 0.2) is 0 Å². The fourth-order valence-corrected chi connectivity index (χ4v) is 4.49. The highest BCUT2D eigenvalue weighted by Crippen LogP contribution is 2.37. The van der Waals surface area contributed by atoms with Gasteiger partial charge in [0, 0.05) is 43.2 Å². The topological polar surface area (TPSA) is 55.8 Å². The molecule has 2 fully saturated rings. The third-order valence-electron chi connectivity index (χ3n) is 5.49. The third-order valence-corrected chi connectivity index (χ3v) is 5.49. The maximum atomic E-state index is 11.1. The zero-order chi connectivity index (χ0) is 17.4. The second-order valence-corrected chi connectivity index (χ2v) is 8.96. The van der Waals surface area contributed by atoms with Crippen LogP contribution in [0.4, 0.5) is 0 Å². The number of amides is 1. The lowest BCUT2D eigenvalue weighted by Gasteiger charge is -2.52. The Morgan fingerprint density at radius 2 is 1.70 bits per heavy atom. The number of aliphatic hydroxyl groups excluding tert-OH is 1. The molecule has 1 unspecified atom stereocenters. The van der Waals surface area contributed by atoms with Crippen molar-refractivity contribution in [3.63, 3.8) is 0 Å². The Labute approximate surface area is 141 Å². The average molecular weight is 325 g/mol. The predicted molar refractivity (Wildman–Crippen MR) is 93.4 cm³/mol. The summed E-state index contributed by atoms with van der Waals surface area (Å²) >= 11 is 0. The minimum atomic E-state index is 0.0629. The van der Waals surface area contributed by atoms with Crippen molar-refractivity contribution in [2.45, 2.75) is 90.0 Å². The molecule has 0 aromatic carbocycles. The van der Waals surface area contributed by atoms with Crippen LogP contribution in [0.3, 0.4) is 0 Å². The number of aliphatic hydroxyl groups is 1. The molecule has 2 aliphatic heterocycles. The van der Waals surface area contributed by atoms with Gasteiger partial charge in [-0.2, -0.15) is 0 Å². The normalized spacial score (nSPS) is 28.0. The summed E-state index contributed by atoms with van der Waals surface area (Å²) in [6.07, 6.45) is 3.35. The molecule has 2 N–H and O–H groups in total. The lowest BCUT2D eigenvalue weighted by molar-refractivity contribution is -0.121. The quantitative estimate of drug-likeness (QED) is 0.806. The van der Waals surface area contributed by atoms with Gasteiger partial charge in [0.25, 0.3) is 0 Å². The number of rotatable bonds is 5. The third kappa shape index (κ3) is 4.25. The second kappa shape index (κ2) is 6.69. The van der Waals surface area contributed by atoms with Crippen LogP contribution in [-0.4, -0.2) is 69.7 Å². The first-order valence-corrected chi connectivity index (χ1v) is 8.96. The fourth-order valence-electron chi connectivity index (χ4n) is 4.49. The Balaban J connectivity index is 1.96. The highest BCUT2D eigenvalue weighted by atomic mass is 16.3. The van der Waals surface area contributed by atoms with E-state index >= 15 is 0 Å². The van der Waals surface area contributed by atoms with E-state index in [1.807, 2.05) is 0 Å².